The van der Waals surface area contributed by atoms with E-state index in [9.17, 15) is 29.2 Å². The zero-order valence-corrected chi connectivity index (χ0v) is 17.5. The highest BCUT2D eigenvalue weighted by Crippen LogP contribution is 2.38. The molecule has 3 N–H and O–H groups in total. The van der Waals surface area contributed by atoms with Crippen LogP contribution in [0.25, 0.3) is 0 Å². The maximum absolute atomic E-state index is 13.3. The molecule has 2 aromatic rings. The predicted molar refractivity (Wildman–Crippen MR) is 114 cm³/mol. The Morgan fingerprint density at radius 3 is 2.03 bits per heavy atom. The molecule has 0 bridgehead atoms. The van der Waals surface area contributed by atoms with Crippen LogP contribution in [0.15, 0.2) is 54.6 Å². The number of rotatable bonds is 10. The number of carbonyl (C=O) groups is 5. The van der Waals surface area contributed by atoms with E-state index in [0.717, 1.165) is 0 Å². The van der Waals surface area contributed by atoms with E-state index in [1.165, 1.54) is 24.3 Å². The molecule has 32 heavy (non-hydrogen) atoms. The third-order valence-corrected chi connectivity index (χ3v) is 5.63. The van der Waals surface area contributed by atoms with Gasteiger partial charge in [-0.1, -0.05) is 61.0 Å². The fraction of sp³-hybridized carbons (Fsp3) is 0.292. The molecule has 8 nitrogen and oxygen atoms in total. The molecular weight excluding hydrogens is 412 g/mol. The zero-order chi connectivity index (χ0) is 23.3. The molecule has 2 aromatic carbocycles. The van der Waals surface area contributed by atoms with Crippen molar-refractivity contribution in [1.82, 2.24) is 5.06 Å². The van der Waals surface area contributed by atoms with E-state index in [4.69, 9.17) is 5.73 Å². The number of nitrogens with zero attached hydrogens (tertiary/aromatic N) is 1. The Kier molecular flexibility index (Phi) is 7.07. The van der Waals surface area contributed by atoms with Gasteiger partial charge in [-0.2, -0.15) is 5.06 Å². The summed E-state index contributed by atoms with van der Waals surface area (Å²) in [6.45, 7) is 0.453. The maximum Gasteiger partial charge on any atom is 0.275 e. The van der Waals surface area contributed by atoms with Gasteiger partial charge in [-0.05, 0) is 19.4 Å². The Labute approximate surface area is 185 Å². The number of hydroxylamine groups is 2. The van der Waals surface area contributed by atoms with E-state index in [-0.39, 0.29) is 22.8 Å². The van der Waals surface area contributed by atoms with Gasteiger partial charge in [-0.25, -0.2) is 0 Å². The lowest BCUT2D eigenvalue weighted by molar-refractivity contribution is -0.173. The fourth-order valence-electron chi connectivity index (χ4n) is 3.79. The van der Waals surface area contributed by atoms with Gasteiger partial charge in [-0.15, -0.1) is 0 Å². The van der Waals surface area contributed by atoms with E-state index < -0.39 is 35.2 Å². The van der Waals surface area contributed by atoms with Crippen LogP contribution in [0.2, 0.25) is 0 Å². The summed E-state index contributed by atoms with van der Waals surface area (Å²) in [6, 6.07) is 14.1. The topological polar surface area (TPSA) is 135 Å². The molecule has 1 saturated heterocycles. The summed E-state index contributed by atoms with van der Waals surface area (Å²) in [5, 5.41) is 9.62. The summed E-state index contributed by atoms with van der Waals surface area (Å²) in [4.78, 5) is 63.6. The van der Waals surface area contributed by atoms with Crippen LogP contribution in [0.4, 0.5) is 0 Å². The van der Waals surface area contributed by atoms with Crippen molar-refractivity contribution in [3.63, 3.8) is 0 Å². The number of hydrogen-bond donors (Lipinski definition) is 2. The molecule has 3 rings (SSSR count). The molecule has 0 radical (unpaired) electrons. The third kappa shape index (κ3) is 4.28. The molecule has 0 saturated carbocycles. The van der Waals surface area contributed by atoms with Gasteiger partial charge in [0, 0.05) is 23.1 Å². The molecule has 1 aliphatic rings. The van der Waals surface area contributed by atoms with Crippen LogP contribution < -0.4 is 5.73 Å². The lowest BCUT2D eigenvalue weighted by Gasteiger charge is -2.23. The van der Waals surface area contributed by atoms with E-state index in [2.05, 4.69) is 0 Å². The van der Waals surface area contributed by atoms with Crippen molar-refractivity contribution >= 4 is 29.2 Å². The average molecular weight is 436 g/mol. The van der Waals surface area contributed by atoms with Crippen LogP contribution in [-0.2, 0) is 14.4 Å². The molecule has 166 valence electrons. The lowest BCUT2D eigenvalue weighted by atomic mass is 9.73. The normalized spacial score (nSPS) is 18.1. The first-order valence-corrected chi connectivity index (χ1v) is 10.4. The van der Waals surface area contributed by atoms with E-state index in [0.29, 0.717) is 36.9 Å². The van der Waals surface area contributed by atoms with Gasteiger partial charge in [0.1, 0.15) is 0 Å². The van der Waals surface area contributed by atoms with Gasteiger partial charge in [0.2, 0.25) is 0 Å². The van der Waals surface area contributed by atoms with Crippen LogP contribution in [0.3, 0.4) is 0 Å². The Balaban J connectivity index is 1.88. The van der Waals surface area contributed by atoms with E-state index in [1.54, 1.807) is 30.3 Å². The highest BCUT2D eigenvalue weighted by atomic mass is 16.5. The molecule has 2 amide bonds. The van der Waals surface area contributed by atoms with Crippen molar-refractivity contribution in [3.8, 4) is 0 Å². The summed E-state index contributed by atoms with van der Waals surface area (Å²) in [6.07, 6.45) is 0.908. The zero-order valence-electron chi connectivity index (χ0n) is 17.5. The van der Waals surface area contributed by atoms with Crippen LogP contribution >= 0.6 is 0 Å². The third-order valence-electron chi connectivity index (χ3n) is 5.63. The van der Waals surface area contributed by atoms with Crippen LogP contribution in [0.5, 0.6) is 0 Å². The second-order valence-electron chi connectivity index (χ2n) is 7.72. The average Bonchev–Trinajstić information content (AvgIpc) is 3.06. The molecule has 1 fully saturated rings. The SMILES string of the molecule is NCCCCCC(=O)C1(C(=O)c2ccc(C(=O)c3ccccc3)cc2)CC(=O)N(O)C1=O. The van der Waals surface area contributed by atoms with Gasteiger partial charge in [0.05, 0.1) is 6.42 Å². The molecular formula is C24H24N2O6. The predicted octanol–water partition coefficient (Wildman–Crippen LogP) is 2.32. The first kappa shape index (κ1) is 23.2. The van der Waals surface area contributed by atoms with Crippen molar-refractivity contribution in [2.75, 3.05) is 6.54 Å². The van der Waals surface area contributed by atoms with Gasteiger partial charge in [0.15, 0.2) is 22.8 Å². The Hall–Kier alpha value is -3.49. The standard InChI is InChI=1S/C24H24N2O6/c25-14-6-2-5-9-19(27)24(15-20(28)26(32)23(24)31)22(30)18-12-10-17(11-13-18)21(29)16-7-3-1-4-8-16/h1,3-4,7-8,10-13,32H,2,5-6,9,14-15,25H2. The fourth-order valence-corrected chi connectivity index (χ4v) is 3.79. The van der Waals surface area contributed by atoms with Crippen molar-refractivity contribution < 1.29 is 29.2 Å². The maximum atomic E-state index is 13.3. The van der Waals surface area contributed by atoms with Crippen LogP contribution in [-0.4, -0.2) is 46.0 Å². The molecule has 1 atom stereocenters. The van der Waals surface area contributed by atoms with E-state index in [1.807, 2.05) is 0 Å². The summed E-state index contributed by atoms with van der Waals surface area (Å²) in [7, 11) is 0. The van der Waals surface area contributed by atoms with E-state index >= 15 is 0 Å². The second kappa shape index (κ2) is 9.76. The van der Waals surface area contributed by atoms with Crippen LogP contribution in [0.1, 0.15) is 58.4 Å². The van der Waals surface area contributed by atoms with Gasteiger partial charge in [-0.3, -0.25) is 29.2 Å². The summed E-state index contributed by atoms with van der Waals surface area (Å²) in [5.41, 5.74) is 3.96. The van der Waals surface area contributed by atoms with Crippen molar-refractivity contribution in [3.05, 3.63) is 71.3 Å². The Bertz CT molecular complexity index is 1050. The Morgan fingerprint density at radius 2 is 1.47 bits per heavy atom. The molecule has 1 heterocycles. The highest BCUT2D eigenvalue weighted by molar-refractivity contribution is 6.33. The van der Waals surface area contributed by atoms with Crippen molar-refractivity contribution in [1.29, 1.82) is 0 Å². The molecule has 0 spiro atoms. The van der Waals surface area contributed by atoms with Crippen LogP contribution in [0, 0.1) is 5.41 Å². The number of ketones is 3. The molecule has 0 aromatic heterocycles. The monoisotopic (exact) mass is 436 g/mol. The summed E-state index contributed by atoms with van der Waals surface area (Å²) >= 11 is 0. The molecule has 8 heteroatoms. The van der Waals surface area contributed by atoms with Gasteiger partial charge < -0.3 is 5.73 Å². The van der Waals surface area contributed by atoms with Crippen molar-refractivity contribution in [2.24, 2.45) is 11.1 Å². The van der Waals surface area contributed by atoms with Gasteiger partial charge in [0.25, 0.3) is 11.8 Å². The highest BCUT2D eigenvalue weighted by Gasteiger charge is 2.61. The largest absolute Gasteiger partial charge is 0.330 e. The second-order valence-corrected chi connectivity index (χ2v) is 7.72. The Morgan fingerprint density at radius 1 is 0.875 bits per heavy atom. The minimum absolute atomic E-state index is 0.00127. The number of nitrogens with two attached hydrogens (primary N) is 1. The smallest absolute Gasteiger partial charge is 0.275 e. The summed E-state index contributed by atoms with van der Waals surface area (Å²) < 4.78 is 0. The molecule has 1 unspecified atom stereocenters. The number of imide groups is 1. The number of unbranched alkanes of at least 4 members (excludes halogenated alkanes) is 2. The quantitative estimate of drug-likeness (QED) is 0.192. The van der Waals surface area contributed by atoms with Crippen molar-refractivity contribution in [2.45, 2.75) is 32.1 Å². The summed E-state index contributed by atoms with van der Waals surface area (Å²) in [5.74, 6) is -4.06. The minimum Gasteiger partial charge on any atom is -0.330 e. The molecule has 1 aliphatic heterocycles. The number of Topliss-reactive ketones (excluding diaryl/α,β-unsaturated/α-hetero) is 2. The lowest BCUT2D eigenvalue weighted by Crippen LogP contribution is -2.46. The first-order chi connectivity index (χ1) is 15.3. The first-order valence-electron chi connectivity index (χ1n) is 10.4. The van der Waals surface area contributed by atoms with Gasteiger partial charge >= 0.3 is 0 Å². The molecule has 0 aliphatic carbocycles. The number of benzene rings is 2. The number of amides is 2. The number of hydrogen-bond acceptors (Lipinski definition) is 7. The minimum atomic E-state index is -2.29. The number of carbonyl (C=O) groups excluding carboxylic acids is 5.